The zero-order chi connectivity index (χ0) is 14.6. The minimum absolute atomic E-state index is 0.0987. The normalized spacial score (nSPS) is 12.9. The Hall–Kier alpha value is -2.34. The molecule has 0 amide bonds. The number of hydrogen-bond acceptors (Lipinski definition) is 5. The summed E-state index contributed by atoms with van der Waals surface area (Å²) in [5.41, 5.74) is -0.177. The number of Topliss-reactive ketones (excluding diaryl/α,β-unsaturated/α-hetero) is 1. The van der Waals surface area contributed by atoms with E-state index in [0.29, 0.717) is 5.56 Å². The molecule has 0 heterocycles. The standard InChI is InChI=1S/C13H14O6/c1-7(14)12(16)9(13(17)18)5-8-3-4-10(15)11(6-8)19-2/h3-7,14-15H,1-2H3,(H,17,18). The quantitative estimate of drug-likeness (QED) is 0.414. The van der Waals surface area contributed by atoms with Gasteiger partial charge in [0.2, 0.25) is 0 Å². The molecule has 0 saturated carbocycles. The van der Waals surface area contributed by atoms with E-state index >= 15 is 0 Å². The molecule has 0 fully saturated rings. The second-order valence-corrected chi connectivity index (χ2v) is 3.83. The first-order chi connectivity index (χ1) is 8.86. The van der Waals surface area contributed by atoms with Gasteiger partial charge in [0.25, 0.3) is 0 Å². The minimum Gasteiger partial charge on any atom is -0.504 e. The van der Waals surface area contributed by atoms with Crippen LogP contribution in [0.25, 0.3) is 6.08 Å². The Bertz CT molecular complexity index is 530. The number of aliphatic hydroxyl groups is 1. The van der Waals surface area contributed by atoms with Crippen LogP contribution < -0.4 is 4.74 Å². The number of carboxylic acids is 1. The number of rotatable bonds is 5. The highest BCUT2D eigenvalue weighted by Crippen LogP contribution is 2.27. The van der Waals surface area contributed by atoms with Crippen molar-refractivity contribution in [3.8, 4) is 11.5 Å². The highest BCUT2D eigenvalue weighted by Gasteiger charge is 2.21. The van der Waals surface area contributed by atoms with Crippen LogP contribution in [-0.4, -0.2) is 40.3 Å². The third-order valence-corrected chi connectivity index (χ3v) is 2.39. The van der Waals surface area contributed by atoms with Crippen molar-refractivity contribution in [2.75, 3.05) is 7.11 Å². The zero-order valence-electron chi connectivity index (χ0n) is 10.5. The number of ketones is 1. The van der Waals surface area contributed by atoms with E-state index in [1.54, 1.807) is 0 Å². The average molecular weight is 266 g/mol. The van der Waals surface area contributed by atoms with Crippen LogP contribution in [0.5, 0.6) is 11.5 Å². The number of hydrogen-bond donors (Lipinski definition) is 3. The summed E-state index contributed by atoms with van der Waals surface area (Å²) >= 11 is 0. The van der Waals surface area contributed by atoms with Gasteiger partial charge in [0.05, 0.1) is 7.11 Å². The van der Waals surface area contributed by atoms with Gasteiger partial charge in [-0.25, -0.2) is 4.79 Å². The number of carbonyl (C=O) groups excluding carboxylic acids is 1. The summed E-state index contributed by atoms with van der Waals surface area (Å²) in [7, 11) is 1.35. The van der Waals surface area contributed by atoms with Gasteiger partial charge >= 0.3 is 5.97 Å². The molecule has 19 heavy (non-hydrogen) atoms. The van der Waals surface area contributed by atoms with Gasteiger partial charge < -0.3 is 20.1 Å². The number of carbonyl (C=O) groups is 2. The second-order valence-electron chi connectivity index (χ2n) is 3.83. The predicted octanol–water partition coefficient (Wildman–Crippen LogP) is 0.819. The number of methoxy groups -OCH3 is 1. The molecule has 6 nitrogen and oxygen atoms in total. The lowest BCUT2D eigenvalue weighted by atomic mass is 10.0. The van der Waals surface area contributed by atoms with Crippen molar-refractivity contribution >= 4 is 17.8 Å². The van der Waals surface area contributed by atoms with Gasteiger partial charge in [-0.05, 0) is 30.7 Å². The van der Waals surface area contributed by atoms with Crippen molar-refractivity contribution in [1.82, 2.24) is 0 Å². The summed E-state index contributed by atoms with van der Waals surface area (Å²) in [5.74, 6) is -2.26. The maximum atomic E-state index is 11.5. The highest BCUT2D eigenvalue weighted by molar-refractivity contribution is 6.21. The van der Waals surface area contributed by atoms with E-state index in [0.717, 1.165) is 6.08 Å². The van der Waals surface area contributed by atoms with Crippen LogP contribution in [0.3, 0.4) is 0 Å². The van der Waals surface area contributed by atoms with Crippen molar-refractivity contribution < 1.29 is 29.6 Å². The van der Waals surface area contributed by atoms with E-state index in [2.05, 4.69) is 0 Å². The number of ether oxygens (including phenoxy) is 1. The number of carboxylic acid groups (broad SMARTS) is 1. The third kappa shape index (κ3) is 3.56. The molecule has 0 spiro atoms. The van der Waals surface area contributed by atoms with E-state index in [-0.39, 0.29) is 11.5 Å². The summed E-state index contributed by atoms with van der Waals surface area (Å²) in [6.07, 6.45) is -0.291. The van der Waals surface area contributed by atoms with Crippen molar-refractivity contribution in [3.05, 3.63) is 29.3 Å². The van der Waals surface area contributed by atoms with Crippen LogP contribution in [0, 0.1) is 0 Å². The van der Waals surface area contributed by atoms with Gasteiger partial charge in [0.1, 0.15) is 11.7 Å². The fourth-order valence-electron chi connectivity index (χ4n) is 1.41. The maximum absolute atomic E-state index is 11.5. The summed E-state index contributed by atoms with van der Waals surface area (Å²) in [6.45, 7) is 1.19. The number of phenols is 1. The maximum Gasteiger partial charge on any atom is 0.339 e. The number of aliphatic hydroxyl groups excluding tert-OH is 1. The molecule has 0 aliphatic heterocycles. The van der Waals surface area contributed by atoms with Crippen LogP contribution in [-0.2, 0) is 9.59 Å². The Morgan fingerprint density at radius 1 is 1.37 bits per heavy atom. The van der Waals surface area contributed by atoms with Gasteiger partial charge in [-0.15, -0.1) is 0 Å². The average Bonchev–Trinajstić information content (AvgIpc) is 2.36. The Morgan fingerprint density at radius 2 is 2.00 bits per heavy atom. The Morgan fingerprint density at radius 3 is 2.47 bits per heavy atom. The van der Waals surface area contributed by atoms with E-state index in [9.17, 15) is 14.7 Å². The van der Waals surface area contributed by atoms with Gasteiger partial charge in [0, 0.05) is 0 Å². The third-order valence-electron chi connectivity index (χ3n) is 2.39. The molecule has 0 radical (unpaired) electrons. The fraction of sp³-hybridized carbons (Fsp3) is 0.231. The SMILES string of the molecule is COc1cc(C=C(C(=O)O)C(=O)C(C)O)ccc1O. The van der Waals surface area contributed by atoms with Crippen molar-refractivity contribution in [2.24, 2.45) is 0 Å². The zero-order valence-corrected chi connectivity index (χ0v) is 10.5. The van der Waals surface area contributed by atoms with E-state index in [1.807, 2.05) is 0 Å². The van der Waals surface area contributed by atoms with Crippen LogP contribution >= 0.6 is 0 Å². The molecule has 0 aliphatic rings. The second kappa shape index (κ2) is 6.01. The molecule has 102 valence electrons. The molecule has 0 bridgehead atoms. The van der Waals surface area contributed by atoms with Crippen LogP contribution in [0.2, 0.25) is 0 Å². The van der Waals surface area contributed by atoms with Crippen LogP contribution in [0.4, 0.5) is 0 Å². The lowest BCUT2D eigenvalue weighted by Crippen LogP contribution is -2.22. The van der Waals surface area contributed by atoms with Gasteiger partial charge in [-0.3, -0.25) is 4.79 Å². The predicted molar refractivity (Wildman–Crippen MR) is 67.0 cm³/mol. The van der Waals surface area contributed by atoms with Crippen LogP contribution in [0.1, 0.15) is 12.5 Å². The number of benzene rings is 1. The molecule has 0 aromatic heterocycles. The number of aliphatic carboxylic acids is 1. The van der Waals surface area contributed by atoms with E-state index < -0.39 is 23.4 Å². The summed E-state index contributed by atoms with van der Waals surface area (Å²) in [5, 5.41) is 27.5. The molecule has 0 aliphatic carbocycles. The summed E-state index contributed by atoms with van der Waals surface area (Å²) < 4.78 is 4.87. The Balaban J connectivity index is 3.23. The monoisotopic (exact) mass is 266 g/mol. The van der Waals surface area contributed by atoms with E-state index in [1.165, 1.54) is 32.2 Å². The molecular formula is C13H14O6. The molecule has 3 N–H and O–H groups in total. The molecule has 1 aromatic rings. The first kappa shape index (κ1) is 14.7. The summed E-state index contributed by atoms with van der Waals surface area (Å²) in [4.78, 5) is 22.5. The fourth-order valence-corrected chi connectivity index (χ4v) is 1.41. The van der Waals surface area contributed by atoms with Gasteiger partial charge in [-0.1, -0.05) is 6.07 Å². The van der Waals surface area contributed by atoms with Gasteiger partial charge in [-0.2, -0.15) is 0 Å². The number of aromatic hydroxyl groups is 1. The molecular weight excluding hydrogens is 252 g/mol. The lowest BCUT2D eigenvalue weighted by molar-refractivity contribution is -0.136. The van der Waals surface area contributed by atoms with Crippen molar-refractivity contribution in [3.63, 3.8) is 0 Å². The van der Waals surface area contributed by atoms with Crippen molar-refractivity contribution in [1.29, 1.82) is 0 Å². The molecule has 1 rings (SSSR count). The highest BCUT2D eigenvalue weighted by atomic mass is 16.5. The van der Waals surface area contributed by atoms with Crippen molar-refractivity contribution in [2.45, 2.75) is 13.0 Å². The van der Waals surface area contributed by atoms with E-state index in [4.69, 9.17) is 14.9 Å². The topological polar surface area (TPSA) is 104 Å². The number of phenolic OH excluding ortho intramolecular Hbond substituents is 1. The summed E-state index contributed by atoms with van der Waals surface area (Å²) in [6, 6.07) is 4.13. The molecule has 1 aromatic carbocycles. The molecule has 0 saturated heterocycles. The largest absolute Gasteiger partial charge is 0.504 e. The van der Waals surface area contributed by atoms with Crippen LogP contribution in [0.15, 0.2) is 23.8 Å². The first-order valence-corrected chi connectivity index (χ1v) is 5.41. The molecule has 1 atom stereocenters. The lowest BCUT2D eigenvalue weighted by Gasteiger charge is -2.06. The molecule has 1 unspecified atom stereocenters. The first-order valence-electron chi connectivity index (χ1n) is 5.41. The van der Waals surface area contributed by atoms with Gasteiger partial charge in [0.15, 0.2) is 17.3 Å². The molecule has 6 heteroatoms. The minimum atomic E-state index is -1.43. The smallest absolute Gasteiger partial charge is 0.339 e. The Labute approximate surface area is 109 Å². The Kier molecular flexibility index (Phi) is 4.66.